The molecule has 0 amide bonds. The first-order valence-electron chi connectivity index (χ1n) is 9.36. The lowest BCUT2D eigenvalue weighted by atomic mass is 10.2. The lowest BCUT2D eigenvalue weighted by molar-refractivity contribution is 0.358. The number of aliphatic imine (C=N–C) groups is 1. The van der Waals surface area contributed by atoms with E-state index in [1.54, 1.807) is 13.1 Å². The number of nitrogens with zero attached hydrogens (tertiary/aromatic N) is 4. The molecule has 0 unspecified atom stereocenters. The standard InChI is InChI=1S/C21H26N6O.HI/c1-3-15-28-18-10-5-4-9-17(18)16-24-21(22-2)23-13-8-12-20-26-25-19-11-6-7-14-27(19)20;/h3-7,9-11,14H,1,8,12-13,15-16H2,2H3,(H2,22,23,24);1H. The molecule has 0 fully saturated rings. The molecule has 154 valence electrons. The van der Waals surface area contributed by atoms with Gasteiger partial charge in [-0.3, -0.25) is 9.39 Å². The van der Waals surface area contributed by atoms with Gasteiger partial charge in [0.15, 0.2) is 11.6 Å². The van der Waals surface area contributed by atoms with Crippen molar-refractivity contribution in [2.45, 2.75) is 19.4 Å². The number of benzene rings is 1. The summed E-state index contributed by atoms with van der Waals surface area (Å²) < 4.78 is 7.71. The zero-order chi connectivity index (χ0) is 19.6. The summed E-state index contributed by atoms with van der Waals surface area (Å²) in [7, 11) is 1.77. The first-order valence-corrected chi connectivity index (χ1v) is 9.36. The fourth-order valence-corrected chi connectivity index (χ4v) is 2.85. The van der Waals surface area contributed by atoms with Crippen LogP contribution >= 0.6 is 24.0 Å². The van der Waals surface area contributed by atoms with Crippen molar-refractivity contribution in [1.29, 1.82) is 0 Å². The summed E-state index contributed by atoms with van der Waals surface area (Å²) in [4.78, 5) is 4.28. The van der Waals surface area contributed by atoms with E-state index in [2.05, 4.69) is 32.4 Å². The predicted molar refractivity (Wildman–Crippen MR) is 127 cm³/mol. The molecule has 2 aromatic heterocycles. The third-order valence-electron chi connectivity index (χ3n) is 4.25. The van der Waals surface area contributed by atoms with E-state index in [1.165, 1.54) is 0 Å². The normalized spacial score (nSPS) is 11.0. The van der Waals surface area contributed by atoms with E-state index in [4.69, 9.17) is 4.74 Å². The number of rotatable bonds is 9. The van der Waals surface area contributed by atoms with Crippen molar-refractivity contribution < 1.29 is 4.74 Å². The molecule has 3 aromatic rings. The van der Waals surface area contributed by atoms with E-state index >= 15 is 0 Å². The average Bonchev–Trinajstić information content (AvgIpc) is 3.15. The summed E-state index contributed by atoms with van der Waals surface area (Å²) in [5.41, 5.74) is 1.95. The van der Waals surface area contributed by atoms with Gasteiger partial charge in [-0.1, -0.05) is 36.9 Å². The number of hydrogen-bond donors (Lipinski definition) is 2. The molecule has 3 rings (SSSR count). The van der Waals surface area contributed by atoms with Gasteiger partial charge in [-0.2, -0.15) is 0 Å². The second-order valence-corrected chi connectivity index (χ2v) is 6.21. The molecule has 0 atom stereocenters. The molecule has 0 aliphatic carbocycles. The predicted octanol–water partition coefficient (Wildman–Crippen LogP) is 3.21. The van der Waals surface area contributed by atoms with Crippen LogP contribution in [0.1, 0.15) is 17.8 Å². The van der Waals surface area contributed by atoms with E-state index in [-0.39, 0.29) is 24.0 Å². The molecule has 2 N–H and O–H groups in total. The quantitative estimate of drug-likeness (QED) is 0.153. The van der Waals surface area contributed by atoms with Gasteiger partial charge >= 0.3 is 0 Å². The molecule has 0 bridgehead atoms. The molecule has 7 nitrogen and oxygen atoms in total. The van der Waals surface area contributed by atoms with E-state index in [0.29, 0.717) is 13.2 Å². The van der Waals surface area contributed by atoms with Gasteiger partial charge in [-0.15, -0.1) is 34.2 Å². The summed E-state index contributed by atoms with van der Waals surface area (Å²) in [5.74, 6) is 2.57. The van der Waals surface area contributed by atoms with Crippen molar-refractivity contribution in [2.24, 2.45) is 4.99 Å². The molecule has 2 heterocycles. The maximum Gasteiger partial charge on any atom is 0.191 e. The molecule has 0 saturated heterocycles. The molecule has 29 heavy (non-hydrogen) atoms. The molecule has 1 aromatic carbocycles. The Morgan fingerprint density at radius 2 is 2.00 bits per heavy atom. The van der Waals surface area contributed by atoms with Crippen LogP contribution in [-0.2, 0) is 13.0 Å². The Labute approximate surface area is 188 Å². The fourth-order valence-electron chi connectivity index (χ4n) is 2.85. The monoisotopic (exact) mass is 506 g/mol. The van der Waals surface area contributed by atoms with E-state index in [1.807, 2.05) is 53.1 Å². The average molecular weight is 506 g/mol. The number of guanidine groups is 1. The van der Waals surface area contributed by atoms with Gasteiger partial charge in [0.1, 0.15) is 18.2 Å². The van der Waals surface area contributed by atoms with Gasteiger partial charge in [0.2, 0.25) is 0 Å². The van der Waals surface area contributed by atoms with E-state index < -0.39 is 0 Å². The van der Waals surface area contributed by atoms with Crippen LogP contribution in [-0.4, -0.2) is 40.8 Å². The van der Waals surface area contributed by atoms with Crippen LogP contribution in [0.3, 0.4) is 0 Å². The first kappa shape index (κ1) is 22.7. The minimum Gasteiger partial charge on any atom is -0.489 e. The number of nitrogens with one attached hydrogen (secondary N) is 2. The van der Waals surface area contributed by atoms with Gasteiger partial charge in [0.05, 0.1) is 0 Å². The number of halogens is 1. The zero-order valence-corrected chi connectivity index (χ0v) is 18.9. The van der Waals surface area contributed by atoms with Crippen LogP contribution in [0.15, 0.2) is 66.3 Å². The summed E-state index contributed by atoms with van der Waals surface area (Å²) in [6.07, 6.45) is 5.50. The van der Waals surface area contributed by atoms with E-state index in [0.717, 1.165) is 48.1 Å². The minimum atomic E-state index is 0. The van der Waals surface area contributed by atoms with Gasteiger partial charge in [0.25, 0.3) is 0 Å². The molecule has 0 spiro atoms. The maximum absolute atomic E-state index is 5.69. The number of hydrogen-bond acceptors (Lipinski definition) is 4. The van der Waals surface area contributed by atoms with Crippen LogP contribution in [0.4, 0.5) is 0 Å². The second kappa shape index (κ2) is 12.1. The highest BCUT2D eigenvalue weighted by Gasteiger charge is 2.06. The lowest BCUT2D eigenvalue weighted by Gasteiger charge is -2.14. The van der Waals surface area contributed by atoms with Crippen molar-refractivity contribution in [1.82, 2.24) is 25.2 Å². The number of fused-ring (bicyclic) bond motifs is 1. The van der Waals surface area contributed by atoms with Gasteiger partial charge in [0, 0.05) is 38.3 Å². The van der Waals surface area contributed by atoms with Crippen molar-refractivity contribution in [2.75, 3.05) is 20.2 Å². The second-order valence-electron chi connectivity index (χ2n) is 6.21. The summed E-state index contributed by atoms with van der Waals surface area (Å²) in [6.45, 7) is 5.59. The summed E-state index contributed by atoms with van der Waals surface area (Å²) in [5, 5.41) is 15.1. The Bertz CT molecular complexity index is 940. The van der Waals surface area contributed by atoms with Crippen LogP contribution < -0.4 is 15.4 Å². The number of ether oxygens (including phenoxy) is 1. The van der Waals surface area contributed by atoms with Gasteiger partial charge in [-0.25, -0.2) is 0 Å². The van der Waals surface area contributed by atoms with Gasteiger partial charge < -0.3 is 15.4 Å². The Morgan fingerprint density at radius 1 is 1.17 bits per heavy atom. The highest BCUT2D eigenvalue weighted by molar-refractivity contribution is 14.0. The molecule has 0 aliphatic rings. The zero-order valence-electron chi connectivity index (χ0n) is 16.5. The van der Waals surface area contributed by atoms with Gasteiger partial charge in [-0.05, 0) is 24.6 Å². The summed E-state index contributed by atoms with van der Waals surface area (Å²) >= 11 is 0. The van der Waals surface area contributed by atoms with Crippen LogP contribution in [0.5, 0.6) is 5.75 Å². The molecule has 0 aliphatic heterocycles. The number of aromatic nitrogens is 3. The molecular weight excluding hydrogens is 479 g/mol. The SMILES string of the molecule is C=CCOc1ccccc1CNC(=NC)NCCCc1nnc2ccccn12.I. The van der Waals surface area contributed by atoms with Crippen molar-refractivity contribution in [3.05, 3.63) is 72.7 Å². The molecule has 0 saturated carbocycles. The van der Waals surface area contributed by atoms with Crippen LogP contribution in [0.2, 0.25) is 0 Å². The minimum absolute atomic E-state index is 0. The molecule has 8 heteroatoms. The highest BCUT2D eigenvalue weighted by Crippen LogP contribution is 2.17. The Balaban J connectivity index is 0.00000300. The Kier molecular flexibility index (Phi) is 9.42. The van der Waals surface area contributed by atoms with Crippen LogP contribution in [0, 0.1) is 0 Å². The van der Waals surface area contributed by atoms with Crippen LogP contribution in [0.25, 0.3) is 5.65 Å². The smallest absolute Gasteiger partial charge is 0.191 e. The third-order valence-corrected chi connectivity index (χ3v) is 4.25. The molecular formula is C21H27IN6O. The fraction of sp³-hybridized carbons (Fsp3) is 0.286. The topological polar surface area (TPSA) is 75.8 Å². The summed E-state index contributed by atoms with van der Waals surface area (Å²) in [6, 6.07) is 13.9. The third kappa shape index (κ3) is 6.45. The Morgan fingerprint density at radius 3 is 2.83 bits per heavy atom. The van der Waals surface area contributed by atoms with Crippen molar-refractivity contribution >= 4 is 35.6 Å². The Hall–Kier alpha value is -2.62. The number of pyridine rings is 1. The maximum atomic E-state index is 5.69. The largest absolute Gasteiger partial charge is 0.489 e. The molecule has 0 radical (unpaired) electrons. The van der Waals surface area contributed by atoms with Crippen molar-refractivity contribution in [3.8, 4) is 5.75 Å². The number of aryl methyl sites for hydroxylation is 1. The number of para-hydroxylation sites is 1. The first-order chi connectivity index (χ1) is 13.8. The highest BCUT2D eigenvalue weighted by atomic mass is 127. The van der Waals surface area contributed by atoms with E-state index in [9.17, 15) is 0 Å². The van der Waals surface area contributed by atoms with Crippen molar-refractivity contribution in [3.63, 3.8) is 0 Å². The lowest BCUT2D eigenvalue weighted by Crippen LogP contribution is -2.37.